The lowest BCUT2D eigenvalue weighted by atomic mass is 9.98. The lowest BCUT2D eigenvalue weighted by molar-refractivity contribution is 0.0586. The van der Waals surface area contributed by atoms with Gasteiger partial charge >= 0.3 is 0 Å². The van der Waals surface area contributed by atoms with Crippen molar-refractivity contribution in [1.82, 2.24) is 0 Å². The van der Waals surface area contributed by atoms with E-state index in [1.165, 1.54) is 12.8 Å². The average Bonchev–Trinajstić information content (AvgIpc) is 2.53. The van der Waals surface area contributed by atoms with Gasteiger partial charge in [-0.1, -0.05) is 0 Å². The normalized spacial score (nSPS) is 49.6. The van der Waals surface area contributed by atoms with Gasteiger partial charge in [0.1, 0.15) is 0 Å². The van der Waals surface area contributed by atoms with Crippen LogP contribution in [-0.2, 0) is 4.74 Å². The molecule has 2 rings (SSSR count). The van der Waals surface area contributed by atoms with E-state index in [4.69, 9.17) is 4.74 Å². The van der Waals surface area contributed by atoms with Crippen LogP contribution in [0, 0.1) is 11.8 Å². The summed E-state index contributed by atoms with van der Waals surface area (Å²) in [6, 6.07) is 0. The van der Waals surface area contributed by atoms with Crippen molar-refractivity contribution in [3.8, 4) is 0 Å². The Kier molecular flexibility index (Phi) is 1.90. The Morgan fingerprint density at radius 1 is 1.09 bits per heavy atom. The third kappa shape index (κ3) is 1.09. The van der Waals surface area contributed by atoms with Crippen LogP contribution in [0.5, 0.6) is 0 Å². The molecule has 2 unspecified atom stereocenters. The fourth-order valence-corrected chi connectivity index (χ4v) is 2.81. The first-order valence-electron chi connectivity index (χ1n) is 4.54. The van der Waals surface area contributed by atoms with Crippen molar-refractivity contribution >= 4 is 0 Å². The number of ether oxygens (including phenoxy) is 1. The predicted molar refractivity (Wildman–Crippen MR) is 42.3 cm³/mol. The lowest BCUT2D eigenvalue weighted by Gasteiger charge is -2.16. The molecule has 0 aromatic rings. The van der Waals surface area contributed by atoms with Crippen molar-refractivity contribution in [1.29, 1.82) is 0 Å². The fraction of sp³-hybridized carbons (Fsp3) is 1.00. The van der Waals surface area contributed by atoms with Gasteiger partial charge in [-0.2, -0.15) is 0 Å². The molecule has 0 radical (unpaired) electrons. The van der Waals surface area contributed by atoms with E-state index in [1.807, 2.05) is 0 Å². The van der Waals surface area contributed by atoms with E-state index in [1.54, 1.807) is 7.11 Å². The molecule has 0 aromatic heterocycles. The van der Waals surface area contributed by atoms with Crippen LogP contribution < -0.4 is 0 Å². The Balaban J connectivity index is 2.04. The van der Waals surface area contributed by atoms with Crippen LogP contribution >= 0.6 is 0 Å². The first-order valence-corrected chi connectivity index (χ1v) is 4.54. The van der Waals surface area contributed by atoms with Crippen LogP contribution in [0.1, 0.15) is 25.7 Å². The Labute approximate surface area is 67.6 Å². The van der Waals surface area contributed by atoms with Crippen molar-refractivity contribution < 1.29 is 9.84 Å². The molecule has 2 saturated carbocycles. The zero-order chi connectivity index (χ0) is 7.84. The quantitative estimate of drug-likeness (QED) is 0.617. The van der Waals surface area contributed by atoms with Crippen LogP contribution in [0.15, 0.2) is 0 Å². The summed E-state index contributed by atoms with van der Waals surface area (Å²) in [5.41, 5.74) is 0. The molecule has 0 saturated heterocycles. The maximum Gasteiger partial charge on any atom is 0.0603 e. The molecule has 0 bridgehead atoms. The van der Waals surface area contributed by atoms with Crippen LogP contribution in [-0.4, -0.2) is 24.4 Å². The molecule has 0 aliphatic heterocycles. The minimum absolute atomic E-state index is 0.0276. The average molecular weight is 156 g/mol. The summed E-state index contributed by atoms with van der Waals surface area (Å²) in [6.07, 6.45) is 4.91. The molecule has 1 N–H and O–H groups in total. The molecule has 0 spiro atoms. The summed E-state index contributed by atoms with van der Waals surface area (Å²) >= 11 is 0. The molecular formula is C9H16O2. The Morgan fingerprint density at radius 3 is 2.55 bits per heavy atom. The molecule has 4 atom stereocenters. The molecule has 2 heteroatoms. The van der Waals surface area contributed by atoms with Gasteiger partial charge in [-0.25, -0.2) is 0 Å². The zero-order valence-corrected chi connectivity index (χ0v) is 6.99. The number of aliphatic hydroxyl groups excluding tert-OH is 1. The molecule has 0 heterocycles. The highest BCUT2D eigenvalue weighted by molar-refractivity contribution is 4.94. The van der Waals surface area contributed by atoms with Gasteiger partial charge in [0, 0.05) is 7.11 Å². The van der Waals surface area contributed by atoms with Crippen LogP contribution in [0.25, 0.3) is 0 Å². The summed E-state index contributed by atoms with van der Waals surface area (Å²) in [5.74, 6) is 1.22. The molecule has 0 amide bonds. The molecule has 2 aliphatic rings. The maximum absolute atomic E-state index is 9.56. The van der Waals surface area contributed by atoms with Gasteiger partial charge in [0.2, 0.25) is 0 Å². The zero-order valence-electron chi connectivity index (χ0n) is 6.99. The second kappa shape index (κ2) is 2.76. The second-order valence-corrected chi connectivity index (χ2v) is 3.82. The first kappa shape index (κ1) is 7.56. The largest absolute Gasteiger partial charge is 0.393 e. The molecular weight excluding hydrogens is 140 g/mol. The van der Waals surface area contributed by atoms with Crippen LogP contribution in [0.4, 0.5) is 0 Å². The number of fused-ring (bicyclic) bond motifs is 1. The van der Waals surface area contributed by atoms with Crippen molar-refractivity contribution in [3.63, 3.8) is 0 Å². The topological polar surface area (TPSA) is 29.5 Å². The minimum Gasteiger partial charge on any atom is -0.393 e. The summed E-state index contributed by atoms with van der Waals surface area (Å²) in [6.45, 7) is 0. The highest BCUT2D eigenvalue weighted by Crippen LogP contribution is 2.45. The summed E-state index contributed by atoms with van der Waals surface area (Å²) in [5, 5.41) is 9.56. The Morgan fingerprint density at radius 2 is 1.82 bits per heavy atom. The van der Waals surface area contributed by atoms with E-state index in [2.05, 4.69) is 0 Å². The van der Waals surface area contributed by atoms with E-state index >= 15 is 0 Å². The van der Waals surface area contributed by atoms with Crippen LogP contribution in [0.2, 0.25) is 0 Å². The third-order valence-electron chi connectivity index (χ3n) is 3.40. The summed E-state index contributed by atoms with van der Waals surface area (Å²) < 4.78 is 5.36. The molecule has 2 aliphatic carbocycles. The number of aliphatic hydroxyl groups is 1. The van der Waals surface area contributed by atoms with Gasteiger partial charge in [0.15, 0.2) is 0 Å². The number of rotatable bonds is 1. The number of hydrogen-bond donors (Lipinski definition) is 1. The SMILES string of the molecule is COC1CC[C@@H]2C(O)CC[C@H]12. The smallest absolute Gasteiger partial charge is 0.0603 e. The summed E-state index contributed by atoms with van der Waals surface area (Å²) in [4.78, 5) is 0. The molecule has 2 fully saturated rings. The Hall–Kier alpha value is -0.0800. The molecule has 0 aromatic carbocycles. The molecule has 11 heavy (non-hydrogen) atoms. The summed E-state index contributed by atoms with van der Waals surface area (Å²) in [7, 11) is 1.79. The van der Waals surface area contributed by atoms with E-state index in [0.717, 1.165) is 12.8 Å². The van der Waals surface area contributed by atoms with Crippen LogP contribution in [0.3, 0.4) is 0 Å². The lowest BCUT2D eigenvalue weighted by Crippen LogP contribution is -2.20. The van der Waals surface area contributed by atoms with Gasteiger partial charge in [-0.05, 0) is 37.5 Å². The van der Waals surface area contributed by atoms with E-state index in [-0.39, 0.29) is 6.10 Å². The standard InChI is InChI=1S/C9H16O2/c1-11-9-5-3-6-7(9)2-4-8(6)10/h6-10H,2-5H2,1H3/t6-,7-,8?,9?/m0/s1. The molecule has 64 valence electrons. The van der Waals surface area contributed by atoms with Crippen molar-refractivity contribution in [2.75, 3.05) is 7.11 Å². The van der Waals surface area contributed by atoms with Gasteiger partial charge in [0.05, 0.1) is 12.2 Å². The molecule has 2 nitrogen and oxygen atoms in total. The van der Waals surface area contributed by atoms with Gasteiger partial charge in [-0.15, -0.1) is 0 Å². The van der Waals surface area contributed by atoms with E-state index < -0.39 is 0 Å². The Bertz CT molecular complexity index is 146. The van der Waals surface area contributed by atoms with Crippen molar-refractivity contribution in [2.45, 2.75) is 37.9 Å². The third-order valence-corrected chi connectivity index (χ3v) is 3.40. The van der Waals surface area contributed by atoms with Gasteiger partial charge < -0.3 is 9.84 Å². The maximum atomic E-state index is 9.56. The van der Waals surface area contributed by atoms with Gasteiger partial charge in [-0.3, -0.25) is 0 Å². The van der Waals surface area contributed by atoms with Gasteiger partial charge in [0.25, 0.3) is 0 Å². The van der Waals surface area contributed by atoms with Crippen molar-refractivity contribution in [3.05, 3.63) is 0 Å². The first-order chi connectivity index (χ1) is 5.33. The van der Waals surface area contributed by atoms with E-state index in [9.17, 15) is 5.11 Å². The monoisotopic (exact) mass is 156 g/mol. The highest BCUT2D eigenvalue weighted by Gasteiger charge is 2.44. The number of methoxy groups -OCH3 is 1. The second-order valence-electron chi connectivity index (χ2n) is 3.82. The van der Waals surface area contributed by atoms with E-state index in [0.29, 0.717) is 17.9 Å². The highest BCUT2D eigenvalue weighted by atomic mass is 16.5. The minimum atomic E-state index is -0.0276. The fourth-order valence-electron chi connectivity index (χ4n) is 2.81. The number of hydrogen-bond acceptors (Lipinski definition) is 2. The predicted octanol–water partition coefficient (Wildman–Crippen LogP) is 1.18. The van der Waals surface area contributed by atoms with Crippen molar-refractivity contribution in [2.24, 2.45) is 11.8 Å².